The number of rotatable bonds is 2. The Labute approximate surface area is 104 Å². The summed E-state index contributed by atoms with van der Waals surface area (Å²) >= 11 is 0. The molecule has 1 aromatic carbocycles. The quantitative estimate of drug-likeness (QED) is 0.846. The number of nitrogens with zero attached hydrogens (tertiary/aromatic N) is 1. The van der Waals surface area contributed by atoms with Crippen molar-refractivity contribution in [3.05, 3.63) is 34.5 Å². The SMILES string of the molecule is O=c1[nH]c2c(F)cccc2n1CC1CCCNC1. The molecule has 0 aliphatic carbocycles. The number of para-hydroxylation sites is 1. The van der Waals surface area contributed by atoms with E-state index in [1.54, 1.807) is 16.7 Å². The Kier molecular flexibility index (Phi) is 2.91. The summed E-state index contributed by atoms with van der Waals surface area (Å²) in [5.41, 5.74) is 0.748. The summed E-state index contributed by atoms with van der Waals surface area (Å²) in [4.78, 5) is 14.5. The fourth-order valence-corrected chi connectivity index (χ4v) is 2.66. The van der Waals surface area contributed by atoms with Crippen molar-refractivity contribution in [3.8, 4) is 0 Å². The van der Waals surface area contributed by atoms with Gasteiger partial charge in [-0.25, -0.2) is 9.18 Å². The number of benzene rings is 1. The average molecular weight is 249 g/mol. The maximum Gasteiger partial charge on any atom is 0.326 e. The van der Waals surface area contributed by atoms with Crippen LogP contribution < -0.4 is 11.0 Å². The van der Waals surface area contributed by atoms with E-state index in [9.17, 15) is 9.18 Å². The van der Waals surface area contributed by atoms with Crippen molar-refractivity contribution in [2.24, 2.45) is 5.92 Å². The molecular weight excluding hydrogens is 233 g/mol. The smallest absolute Gasteiger partial charge is 0.316 e. The third kappa shape index (κ3) is 1.95. The van der Waals surface area contributed by atoms with Gasteiger partial charge in [0, 0.05) is 6.54 Å². The molecule has 1 aliphatic heterocycles. The fraction of sp³-hybridized carbons (Fsp3) is 0.462. The number of fused-ring (bicyclic) bond motifs is 1. The second-order valence-electron chi connectivity index (χ2n) is 4.89. The van der Waals surface area contributed by atoms with Crippen LogP contribution in [-0.2, 0) is 6.54 Å². The summed E-state index contributed by atoms with van der Waals surface area (Å²) in [6, 6.07) is 4.79. The van der Waals surface area contributed by atoms with Crippen LogP contribution in [0.2, 0.25) is 0 Å². The molecule has 3 rings (SSSR count). The number of hydrogen-bond acceptors (Lipinski definition) is 2. The van der Waals surface area contributed by atoms with Gasteiger partial charge in [0.1, 0.15) is 11.3 Å². The zero-order valence-corrected chi connectivity index (χ0v) is 10.1. The number of nitrogens with one attached hydrogen (secondary N) is 2. The minimum atomic E-state index is -0.370. The number of imidazole rings is 1. The lowest BCUT2D eigenvalue weighted by atomic mass is 10.00. The number of halogens is 1. The molecule has 96 valence electrons. The minimum Gasteiger partial charge on any atom is -0.316 e. The first-order valence-corrected chi connectivity index (χ1v) is 6.33. The third-order valence-corrected chi connectivity index (χ3v) is 3.60. The van der Waals surface area contributed by atoms with E-state index in [1.807, 2.05) is 0 Å². The Bertz CT molecular complexity index is 610. The largest absolute Gasteiger partial charge is 0.326 e. The van der Waals surface area contributed by atoms with Crippen LogP contribution in [0.4, 0.5) is 4.39 Å². The fourth-order valence-electron chi connectivity index (χ4n) is 2.66. The molecule has 0 bridgehead atoms. The molecule has 0 amide bonds. The van der Waals surface area contributed by atoms with E-state index in [4.69, 9.17) is 0 Å². The van der Waals surface area contributed by atoms with E-state index >= 15 is 0 Å². The van der Waals surface area contributed by atoms with Gasteiger partial charge in [0.2, 0.25) is 0 Å². The van der Waals surface area contributed by atoms with Crippen LogP contribution in [0.25, 0.3) is 11.0 Å². The first-order valence-electron chi connectivity index (χ1n) is 6.33. The minimum absolute atomic E-state index is 0.222. The Morgan fingerprint density at radius 2 is 2.33 bits per heavy atom. The Morgan fingerprint density at radius 1 is 1.44 bits per heavy atom. The summed E-state index contributed by atoms with van der Waals surface area (Å²) < 4.78 is 15.2. The summed E-state index contributed by atoms with van der Waals surface area (Å²) in [6.45, 7) is 2.62. The van der Waals surface area contributed by atoms with E-state index < -0.39 is 0 Å². The van der Waals surface area contributed by atoms with Gasteiger partial charge in [-0.05, 0) is 44.0 Å². The van der Waals surface area contributed by atoms with Crippen molar-refractivity contribution in [1.82, 2.24) is 14.9 Å². The second-order valence-corrected chi connectivity index (χ2v) is 4.89. The van der Waals surface area contributed by atoms with E-state index in [-0.39, 0.29) is 11.5 Å². The van der Waals surface area contributed by atoms with E-state index in [2.05, 4.69) is 10.3 Å². The van der Waals surface area contributed by atoms with E-state index in [0.29, 0.717) is 23.5 Å². The summed E-state index contributed by atoms with van der Waals surface area (Å²) in [6.07, 6.45) is 2.25. The van der Waals surface area contributed by atoms with Crippen LogP contribution in [0, 0.1) is 11.7 Å². The average Bonchev–Trinajstić information content (AvgIpc) is 2.70. The summed E-state index contributed by atoms with van der Waals surface area (Å²) in [5.74, 6) is 0.0730. The van der Waals surface area contributed by atoms with Gasteiger partial charge in [0.15, 0.2) is 0 Å². The van der Waals surface area contributed by atoms with Crippen molar-refractivity contribution in [1.29, 1.82) is 0 Å². The standard InChI is InChI=1S/C13H16FN3O/c14-10-4-1-5-11-12(10)16-13(18)17(11)8-9-3-2-6-15-7-9/h1,4-5,9,15H,2-3,6-8H2,(H,16,18). The van der Waals surface area contributed by atoms with Gasteiger partial charge in [-0.2, -0.15) is 0 Å². The van der Waals surface area contributed by atoms with Crippen molar-refractivity contribution >= 4 is 11.0 Å². The molecule has 1 fully saturated rings. The summed E-state index contributed by atoms with van der Waals surface area (Å²) in [7, 11) is 0. The second kappa shape index (κ2) is 4.57. The molecule has 0 radical (unpaired) electrons. The van der Waals surface area contributed by atoms with Gasteiger partial charge in [0.05, 0.1) is 5.52 Å². The zero-order chi connectivity index (χ0) is 12.5. The van der Waals surface area contributed by atoms with Crippen LogP contribution in [0.5, 0.6) is 0 Å². The number of H-pyrrole nitrogens is 1. The molecule has 5 heteroatoms. The highest BCUT2D eigenvalue weighted by molar-refractivity contribution is 5.75. The number of aromatic nitrogens is 2. The number of hydrogen-bond donors (Lipinski definition) is 2. The lowest BCUT2D eigenvalue weighted by molar-refractivity contribution is 0.337. The molecular formula is C13H16FN3O. The highest BCUT2D eigenvalue weighted by atomic mass is 19.1. The predicted molar refractivity (Wildman–Crippen MR) is 68.1 cm³/mol. The topological polar surface area (TPSA) is 49.8 Å². The van der Waals surface area contributed by atoms with Crippen LogP contribution in [-0.4, -0.2) is 22.6 Å². The maximum atomic E-state index is 13.6. The molecule has 0 saturated carbocycles. The Balaban J connectivity index is 1.98. The van der Waals surface area contributed by atoms with Crippen molar-refractivity contribution < 1.29 is 4.39 Å². The molecule has 18 heavy (non-hydrogen) atoms. The van der Waals surface area contributed by atoms with Gasteiger partial charge in [-0.3, -0.25) is 4.57 Å². The lowest BCUT2D eigenvalue weighted by Crippen LogP contribution is -2.34. The molecule has 1 aromatic heterocycles. The van der Waals surface area contributed by atoms with Crippen LogP contribution in [0.3, 0.4) is 0 Å². The summed E-state index contributed by atoms with van der Waals surface area (Å²) in [5, 5.41) is 3.33. The highest BCUT2D eigenvalue weighted by Gasteiger charge is 2.17. The molecule has 2 heterocycles. The molecule has 1 unspecified atom stereocenters. The maximum absolute atomic E-state index is 13.6. The van der Waals surface area contributed by atoms with E-state index in [1.165, 1.54) is 6.07 Å². The molecule has 2 aromatic rings. The number of aromatic amines is 1. The predicted octanol–water partition coefficient (Wildman–Crippen LogP) is 1.47. The van der Waals surface area contributed by atoms with Crippen LogP contribution in [0.15, 0.2) is 23.0 Å². The van der Waals surface area contributed by atoms with Crippen molar-refractivity contribution in [3.63, 3.8) is 0 Å². The molecule has 0 spiro atoms. The van der Waals surface area contributed by atoms with Crippen LogP contribution >= 0.6 is 0 Å². The van der Waals surface area contributed by atoms with Gasteiger partial charge in [-0.15, -0.1) is 0 Å². The van der Waals surface area contributed by atoms with Gasteiger partial charge in [-0.1, -0.05) is 6.07 Å². The molecule has 1 aliphatic rings. The van der Waals surface area contributed by atoms with E-state index in [0.717, 1.165) is 25.9 Å². The first-order chi connectivity index (χ1) is 8.75. The normalized spacial score (nSPS) is 20.4. The van der Waals surface area contributed by atoms with Crippen LogP contribution in [0.1, 0.15) is 12.8 Å². The molecule has 1 atom stereocenters. The third-order valence-electron chi connectivity index (χ3n) is 3.60. The van der Waals surface area contributed by atoms with Gasteiger partial charge in [0.25, 0.3) is 0 Å². The molecule has 2 N–H and O–H groups in total. The first kappa shape index (κ1) is 11.5. The highest BCUT2D eigenvalue weighted by Crippen LogP contribution is 2.17. The van der Waals surface area contributed by atoms with Crippen molar-refractivity contribution in [2.45, 2.75) is 19.4 Å². The van der Waals surface area contributed by atoms with Crippen molar-refractivity contribution in [2.75, 3.05) is 13.1 Å². The molecule has 1 saturated heterocycles. The lowest BCUT2D eigenvalue weighted by Gasteiger charge is -2.22. The zero-order valence-electron chi connectivity index (χ0n) is 10.1. The number of piperidine rings is 1. The molecule has 4 nitrogen and oxygen atoms in total. The Hall–Kier alpha value is -1.62. The monoisotopic (exact) mass is 249 g/mol. The van der Waals surface area contributed by atoms with Gasteiger partial charge >= 0.3 is 5.69 Å². The Morgan fingerprint density at radius 3 is 3.11 bits per heavy atom. The van der Waals surface area contributed by atoms with Gasteiger partial charge < -0.3 is 10.3 Å².